The molecule has 3 nitrogen and oxygen atoms in total. The van der Waals surface area contributed by atoms with Crippen molar-refractivity contribution in [2.75, 3.05) is 12.3 Å². The first kappa shape index (κ1) is 15.5. The van der Waals surface area contributed by atoms with E-state index in [0.717, 1.165) is 5.92 Å². The van der Waals surface area contributed by atoms with E-state index in [1.165, 1.54) is 6.42 Å². The van der Waals surface area contributed by atoms with Gasteiger partial charge in [-0.15, -0.1) is 0 Å². The van der Waals surface area contributed by atoms with Crippen LogP contribution < -0.4 is 11.1 Å². The summed E-state index contributed by atoms with van der Waals surface area (Å²) in [4.78, 5) is 11.2. The molecule has 1 rings (SSSR count). The van der Waals surface area contributed by atoms with Crippen LogP contribution in [0.5, 0.6) is 0 Å². The summed E-state index contributed by atoms with van der Waals surface area (Å²) in [5.74, 6) is 0.805. The third-order valence-electron chi connectivity index (χ3n) is 2.30. The van der Waals surface area contributed by atoms with E-state index in [1.807, 2.05) is 6.92 Å². The zero-order valence-electron chi connectivity index (χ0n) is 11.3. The number of nitrogens with two attached hydrogens (primary N) is 1. The van der Waals surface area contributed by atoms with Gasteiger partial charge in [-0.25, -0.2) is 0 Å². The molecule has 0 bridgehead atoms. The Hall–Kier alpha value is -1.51. The van der Waals surface area contributed by atoms with E-state index in [4.69, 9.17) is 5.73 Å². The second kappa shape index (κ2) is 8.62. The number of hydrogen-bond acceptors (Lipinski definition) is 2. The molecule has 3 heteroatoms. The van der Waals surface area contributed by atoms with E-state index in [9.17, 15) is 4.79 Å². The topological polar surface area (TPSA) is 55.1 Å². The average molecular weight is 240 g/mol. The summed E-state index contributed by atoms with van der Waals surface area (Å²) in [5.41, 5.74) is 6.73. The standard InChI is InChI=1S/C9H12N2O.C5H12.2H2/c1-2-11-9(12)7-4-3-5-8(10)6-7;1-4-5(2)3;;/h3-6H,2,10H2,1H3,(H,11,12);5H,4H2,1-3H3;2*1H. The highest BCUT2D eigenvalue weighted by Gasteiger charge is 2.02. The molecule has 1 aromatic carbocycles. The smallest absolute Gasteiger partial charge is 0.251 e. The monoisotopic (exact) mass is 240 g/mol. The van der Waals surface area contributed by atoms with Crippen molar-refractivity contribution in [3.8, 4) is 0 Å². The minimum Gasteiger partial charge on any atom is -0.399 e. The fourth-order valence-electron chi connectivity index (χ4n) is 0.943. The summed E-state index contributed by atoms with van der Waals surface area (Å²) in [6.45, 7) is 9.16. The van der Waals surface area contributed by atoms with Crippen LogP contribution in [0.4, 0.5) is 5.69 Å². The van der Waals surface area contributed by atoms with Gasteiger partial charge in [-0.2, -0.15) is 0 Å². The number of carbonyl (C=O) groups excluding carboxylic acids is 1. The van der Waals surface area contributed by atoms with Gasteiger partial charge in [0.05, 0.1) is 0 Å². The van der Waals surface area contributed by atoms with Gasteiger partial charge in [-0.1, -0.05) is 33.3 Å². The molecule has 17 heavy (non-hydrogen) atoms. The summed E-state index contributed by atoms with van der Waals surface area (Å²) < 4.78 is 0. The van der Waals surface area contributed by atoms with Crippen molar-refractivity contribution in [2.24, 2.45) is 5.92 Å². The summed E-state index contributed by atoms with van der Waals surface area (Å²) >= 11 is 0. The van der Waals surface area contributed by atoms with E-state index in [-0.39, 0.29) is 8.76 Å². The number of nitrogen functional groups attached to an aromatic ring is 1. The lowest BCUT2D eigenvalue weighted by Crippen LogP contribution is -2.22. The quantitative estimate of drug-likeness (QED) is 0.794. The SMILES string of the molecule is CCC(C)C.CCNC(=O)c1cccc(N)c1.[HH].[HH]. The maximum Gasteiger partial charge on any atom is 0.251 e. The molecule has 0 saturated carbocycles. The predicted octanol–water partition coefficient (Wildman–Crippen LogP) is 3.56. The largest absolute Gasteiger partial charge is 0.399 e. The fraction of sp³-hybridized carbons (Fsp3) is 0.500. The van der Waals surface area contributed by atoms with E-state index >= 15 is 0 Å². The maximum atomic E-state index is 11.2. The van der Waals surface area contributed by atoms with Gasteiger partial charge in [-0.3, -0.25) is 4.79 Å². The molecule has 0 spiro atoms. The van der Waals surface area contributed by atoms with Crippen molar-refractivity contribution >= 4 is 11.6 Å². The Balaban J connectivity index is -0.000000320. The molecule has 0 aliphatic heterocycles. The van der Waals surface area contributed by atoms with E-state index in [2.05, 4.69) is 26.1 Å². The first-order valence-corrected chi connectivity index (χ1v) is 6.14. The van der Waals surface area contributed by atoms with Crippen molar-refractivity contribution in [3.63, 3.8) is 0 Å². The molecule has 0 aliphatic rings. The number of anilines is 1. The Morgan fingerprint density at radius 1 is 1.41 bits per heavy atom. The van der Waals surface area contributed by atoms with Gasteiger partial charge in [0.25, 0.3) is 5.91 Å². The van der Waals surface area contributed by atoms with E-state index < -0.39 is 0 Å². The van der Waals surface area contributed by atoms with Crippen LogP contribution in [0.15, 0.2) is 24.3 Å². The molecule has 1 amide bonds. The minimum absolute atomic E-state index is 0. The molecule has 0 atom stereocenters. The summed E-state index contributed by atoms with van der Waals surface area (Å²) in [6.07, 6.45) is 1.31. The second-order valence-corrected chi connectivity index (χ2v) is 4.29. The number of nitrogens with one attached hydrogen (secondary N) is 1. The van der Waals surface area contributed by atoms with Crippen LogP contribution in [0.2, 0.25) is 0 Å². The molecular weight excluding hydrogens is 212 g/mol. The third kappa shape index (κ3) is 7.39. The van der Waals surface area contributed by atoms with Gasteiger partial charge >= 0.3 is 0 Å². The third-order valence-corrected chi connectivity index (χ3v) is 2.30. The Morgan fingerprint density at radius 2 is 2.00 bits per heavy atom. The molecule has 0 unspecified atom stereocenters. The van der Waals surface area contributed by atoms with E-state index in [0.29, 0.717) is 17.8 Å². The predicted molar refractivity (Wildman–Crippen MR) is 78.2 cm³/mol. The normalized spacial score (nSPS) is 9.47. The highest BCUT2D eigenvalue weighted by atomic mass is 16.1. The van der Waals surface area contributed by atoms with Gasteiger partial charge in [0.15, 0.2) is 0 Å². The van der Waals surface area contributed by atoms with Crippen molar-refractivity contribution in [1.29, 1.82) is 0 Å². The number of benzene rings is 1. The van der Waals surface area contributed by atoms with Crippen molar-refractivity contribution < 1.29 is 7.65 Å². The molecule has 0 heterocycles. The van der Waals surface area contributed by atoms with Gasteiger partial charge in [0.1, 0.15) is 0 Å². The van der Waals surface area contributed by atoms with Gasteiger partial charge in [-0.05, 0) is 31.0 Å². The van der Waals surface area contributed by atoms with Crippen LogP contribution >= 0.6 is 0 Å². The summed E-state index contributed by atoms with van der Waals surface area (Å²) in [5, 5.41) is 2.69. The average Bonchev–Trinajstić information content (AvgIpc) is 2.30. The number of amides is 1. The van der Waals surface area contributed by atoms with Crippen LogP contribution in [-0.2, 0) is 0 Å². The molecule has 0 aromatic heterocycles. The van der Waals surface area contributed by atoms with Gasteiger partial charge in [0, 0.05) is 20.6 Å². The van der Waals surface area contributed by atoms with E-state index in [1.54, 1.807) is 24.3 Å². The van der Waals surface area contributed by atoms with Gasteiger partial charge in [0.2, 0.25) is 0 Å². The maximum absolute atomic E-state index is 11.2. The zero-order valence-corrected chi connectivity index (χ0v) is 11.3. The lowest BCUT2D eigenvalue weighted by Gasteiger charge is -2.01. The Kier molecular flexibility index (Phi) is 7.85. The molecule has 0 radical (unpaired) electrons. The zero-order chi connectivity index (χ0) is 13.3. The van der Waals surface area contributed by atoms with Crippen molar-refractivity contribution in [2.45, 2.75) is 34.1 Å². The number of rotatable bonds is 3. The summed E-state index contributed by atoms with van der Waals surface area (Å²) in [7, 11) is 0. The molecule has 3 N–H and O–H groups in total. The lowest BCUT2D eigenvalue weighted by molar-refractivity contribution is 0.0956. The Labute approximate surface area is 107 Å². The molecule has 0 aliphatic carbocycles. The first-order valence-electron chi connectivity index (χ1n) is 6.14. The van der Waals surface area contributed by atoms with Crippen molar-refractivity contribution in [1.82, 2.24) is 5.32 Å². The van der Waals surface area contributed by atoms with Crippen LogP contribution in [0.25, 0.3) is 0 Å². The van der Waals surface area contributed by atoms with Gasteiger partial charge < -0.3 is 11.1 Å². The number of hydrogen-bond donors (Lipinski definition) is 2. The van der Waals surface area contributed by atoms with Crippen molar-refractivity contribution in [3.05, 3.63) is 29.8 Å². The molecule has 1 aromatic rings. The Morgan fingerprint density at radius 3 is 2.41 bits per heavy atom. The highest BCUT2D eigenvalue weighted by Crippen LogP contribution is 2.05. The summed E-state index contributed by atoms with van der Waals surface area (Å²) in [6, 6.07) is 6.91. The molecule has 0 saturated heterocycles. The molecule has 0 fully saturated rings. The molecular formula is C14H28N2O. The highest BCUT2D eigenvalue weighted by molar-refractivity contribution is 5.94. The van der Waals surface area contributed by atoms with Crippen LogP contribution in [0, 0.1) is 5.92 Å². The first-order chi connectivity index (χ1) is 8.01. The fourth-order valence-corrected chi connectivity index (χ4v) is 0.943. The lowest BCUT2D eigenvalue weighted by atomic mass is 10.2. The van der Waals surface area contributed by atoms with Crippen LogP contribution in [0.1, 0.15) is 47.3 Å². The number of carbonyl (C=O) groups is 1. The Bertz CT molecular complexity index is 344. The van der Waals surface area contributed by atoms with Crippen LogP contribution in [-0.4, -0.2) is 12.5 Å². The van der Waals surface area contributed by atoms with Crippen LogP contribution in [0.3, 0.4) is 0 Å². The molecule has 100 valence electrons. The second-order valence-electron chi connectivity index (χ2n) is 4.29. The minimum atomic E-state index is -0.0789.